The summed E-state index contributed by atoms with van der Waals surface area (Å²) in [5, 5.41) is 12.4. The first-order valence-corrected chi connectivity index (χ1v) is 6.79. The summed E-state index contributed by atoms with van der Waals surface area (Å²) in [6.45, 7) is 2.66. The van der Waals surface area contributed by atoms with Crippen molar-refractivity contribution >= 4 is 33.2 Å². The molecule has 2 rings (SSSR count). The quantitative estimate of drug-likeness (QED) is 0.886. The van der Waals surface area contributed by atoms with Crippen molar-refractivity contribution in [1.29, 1.82) is 0 Å². The molecule has 6 heteroatoms. The summed E-state index contributed by atoms with van der Waals surface area (Å²) < 4.78 is 5.99. The molecule has 5 nitrogen and oxygen atoms in total. The van der Waals surface area contributed by atoms with E-state index in [9.17, 15) is 9.90 Å². The lowest BCUT2D eigenvalue weighted by Gasteiger charge is -2.28. The van der Waals surface area contributed by atoms with Crippen LogP contribution in [0, 0.1) is 0 Å². The van der Waals surface area contributed by atoms with Crippen molar-refractivity contribution in [2.75, 3.05) is 31.0 Å². The number of hydrogen-bond acceptors (Lipinski definition) is 4. The lowest BCUT2D eigenvalue weighted by molar-refractivity contribution is -0.123. The Morgan fingerprint density at radius 2 is 2.26 bits per heavy atom. The monoisotopic (exact) mass is 328 g/mol. The fourth-order valence-electron chi connectivity index (χ4n) is 2.11. The zero-order valence-corrected chi connectivity index (χ0v) is 12.7. The Bertz CT molecular complexity index is 507. The average Bonchev–Trinajstić information content (AvgIpc) is 2.64. The standard InChI is InChI=1S/C13H17BrN2O3/c1-7(6-19-3)16(2)11-5-10-8(4-9(11)14)12(17)13(18)15-10/h4-5,7,12,17H,6H2,1-3H3,(H,15,18). The van der Waals surface area contributed by atoms with Gasteiger partial charge in [-0.15, -0.1) is 0 Å². The first-order chi connectivity index (χ1) is 8.95. The van der Waals surface area contributed by atoms with Crippen molar-refractivity contribution in [1.82, 2.24) is 0 Å². The number of aliphatic hydroxyl groups excluding tert-OH is 1. The van der Waals surface area contributed by atoms with E-state index in [2.05, 4.69) is 33.1 Å². The van der Waals surface area contributed by atoms with E-state index >= 15 is 0 Å². The average molecular weight is 329 g/mol. The van der Waals surface area contributed by atoms with Crippen LogP contribution in [0.15, 0.2) is 16.6 Å². The normalized spacial score (nSPS) is 19.0. The fraction of sp³-hybridized carbons (Fsp3) is 0.462. The summed E-state index contributed by atoms with van der Waals surface area (Å²) in [7, 11) is 3.63. The van der Waals surface area contributed by atoms with Crippen LogP contribution in [-0.2, 0) is 9.53 Å². The highest BCUT2D eigenvalue weighted by atomic mass is 79.9. The van der Waals surface area contributed by atoms with Gasteiger partial charge in [0.2, 0.25) is 0 Å². The van der Waals surface area contributed by atoms with Crippen LogP contribution in [0.4, 0.5) is 11.4 Å². The molecule has 2 unspecified atom stereocenters. The van der Waals surface area contributed by atoms with Crippen LogP contribution in [0.25, 0.3) is 0 Å². The van der Waals surface area contributed by atoms with Gasteiger partial charge >= 0.3 is 0 Å². The molecule has 1 aromatic carbocycles. The van der Waals surface area contributed by atoms with Crippen LogP contribution >= 0.6 is 15.9 Å². The number of halogens is 1. The van der Waals surface area contributed by atoms with Crippen LogP contribution in [0.5, 0.6) is 0 Å². The molecule has 1 aliphatic rings. The number of nitrogens with zero attached hydrogens (tertiary/aromatic N) is 1. The minimum absolute atomic E-state index is 0.196. The molecule has 1 heterocycles. The van der Waals surface area contributed by atoms with Gasteiger partial charge in [0, 0.05) is 35.9 Å². The van der Waals surface area contributed by atoms with Gasteiger partial charge in [0.15, 0.2) is 6.10 Å². The Labute approximate surface area is 120 Å². The first kappa shape index (κ1) is 14.3. The van der Waals surface area contributed by atoms with Gasteiger partial charge in [0.25, 0.3) is 5.91 Å². The van der Waals surface area contributed by atoms with E-state index in [1.807, 2.05) is 13.1 Å². The molecule has 0 aliphatic carbocycles. The Kier molecular flexibility index (Phi) is 4.13. The van der Waals surface area contributed by atoms with Crippen LogP contribution < -0.4 is 10.2 Å². The molecule has 1 aromatic rings. The second-order valence-corrected chi connectivity index (χ2v) is 5.55. The number of anilines is 2. The second kappa shape index (κ2) is 5.48. The molecule has 2 N–H and O–H groups in total. The number of nitrogens with one attached hydrogen (secondary N) is 1. The fourth-order valence-corrected chi connectivity index (χ4v) is 2.76. The number of rotatable bonds is 4. The predicted molar refractivity (Wildman–Crippen MR) is 77.5 cm³/mol. The maximum atomic E-state index is 11.4. The smallest absolute Gasteiger partial charge is 0.257 e. The molecule has 0 spiro atoms. The third-order valence-corrected chi connectivity index (χ3v) is 4.00. The number of carbonyl (C=O) groups is 1. The minimum atomic E-state index is -1.08. The molecule has 2 atom stereocenters. The molecular weight excluding hydrogens is 312 g/mol. The van der Waals surface area contributed by atoms with Gasteiger partial charge in [-0.05, 0) is 35.0 Å². The lowest BCUT2D eigenvalue weighted by Crippen LogP contribution is -2.32. The predicted octanol–water partition coefficient (Wildman–Crippen LogP) is 1.91. The van der Waals surface area contributed by atoms with E-state index in [0.29, 0.717) is 17.9 Å². The summed E-state index contributed by atoms with van der Waals surface area (Å²) in [6, 6.07) is 3.84. The van der Waals surface area contributed by atoms with E-state index in [-0.39, 0.29) is 11.9 Å². The summed E-state index contributed by atoms with van der Waals surface area (Å²) in [5.41, 5.74) is 2.21. The molecule has 0 fully saturated rings. The molecular formula is C13H17BrN2O3. The van der Waals surface area contributed by atoms with Gasteiger partial charge in [-0.25, -0.2) is 0 Å². The van der Waals surface area contributed by atoms with Crippen LogP contribution in [0.2, 0.25) is 0 Å². The van der Waals surface area contributed by atoms with E-state index < -0.39 is 6.10 Å². The van der Waals surface area contributed by atoms with Crippen molar-refractivity contribution in [3.63, 3.8) is 0 Å². The molecule has 19 heavy (non-hydrogen) atoms. The van der Waals surface area contributed by atoms with Gasteiger partial charge in [-0.3, -0.25) is 4.79 Å². The van der Waals surface area contributed by atoms with Crippen molar-refractivity contribution in [3.05, 3.63) is 22.2 Å². The Morgan fingerprint density at radius 1 is 1.58 bits per heavy atom. The zero-order chi connectivity index (χ0) is 14.2. The Hall–Kier alpha value is -1.11. The van der Waals surface area contributed by atoms with Crippen molar-refractivity contribution in [3.8, 4) is 0 Å². The molecule has 0 saturated heterocycles. The molecule has 1 amide bonds. The van der Waals surface area contributed by atoms with Gasteiger partial charge in [-0.1, -0.05) is 0 Å². The Balaban J connectivity index is 2.34. The Morgan fingerprint density at radius 3 is 2.89 bits per heavy atom. The number of benzene rings is 1. The van der Waals surface area contributed by atoms with Gasteiger partial charge in [0.05, 0.1) is 12.3 Å². The van der Waals surface area contributed by atoms with Crippen LogP contribution in [0.3, 0.4) is 0 Å². The second-order valence-electron chi connectivity index (χ2n) is 4.70. The van der Waals surface area contributed by atoms with Gasteiger partial charge in [-0.2, -0.15) is 0 Å². The molecule has 0 saturated carbocycles. The maximum Gasteiger partial charge on any atom is 0.257 e. The van der Waals surface area contributed by atoms with Crippen LogP contribution in [-0.4, -0.2) is 37.8 Å². The van der Waals surface area contributed by atoms with E-state index in [1.54, 1.807) is 13.2 Å². The molecule has 0 aromatic heterocycles. The van der Waals surface area contributed by atoms with Gasteiger partial charge < -0.3 is 20.1 Å². The van der Waals surface area contributed by atoms with E-state index in [1.165, 1.54) is 0 Å². The van der Waals surface area contributed by atoms with E-state index in [4.69, 9.17) is 4.74 Å². The molecule has 104 valence electrons. The highest BCUT2D eigenvalue weighted by molar-refractivity contribution is 9.10. The SMILES string of the molecule is COCC(C)N(C)c1cc2c(cc1Br)C(O)C(=O)N2. The first-order valence-electron chi connectivity index (χ1n) is 5.99. The number of carbonyl (C=O) groups excluding carboxylic acids is 1. The van der Waals surface area contributed by atoms with E-state index in [0.717, 1.165) is 10.2 Å². The summed E-state index contributed by atoms with van der Waals surface area (Å²) >= 11 is 3.48. The van der Waals surface area contributed by atoms with Crippen molar-refractivity contribution in [2.24, 2.45) is 0 Å². The minimum Gasteiger partial charge on any atom is -0.383 e. The maximum absolute atomic E-state index is 11.4. The number of hydrogen-bond donors (Lipinski definition) is 2. The zero-order valence-electron chi connectivity index (χ0n) is 11.1. The number of amides is 1. The van der Waals surface area contributed by atoms with Crippen molar-refractivity contribution < 1.29 is 14.6 Å². The van der Waals surface area contributed by atoms with Crippen LogP contribution in [0.1, 0.15) is 18.6 Å². The third-order valence-electron chi connectivity index (χ3n) is 3.37. The van der Waals surface area contributed by atoms with Crippen molar-refractivity contribution in [2.45, 2.75) is 19.1 Å². The highest BCUT2D eigenvalue weighted by Crippen LogP contribution is 2.39. The number of ether oxygens (including phenoxy) is 1. The largest absolute Gasteiger partial charge is 0.383 e. The molecule has 0 radical (unpaired) electrons. The number of fused-ring (bicyclic) bond motifs is 1. The number of aliphatic hydroxyl groups is 1. The number of methoxy groups -OCH3 is 1. The molecule has 1 aliphatic heterocycles. The summed E-state index contributed by atoms with van der Waals surface area (Å²) in [6.07, 6.45) is -1.08. The number of likely N-dealkylation sites (N-methyl/N-ethyl adjacent to an activating group) is 1. The summed E-state index contributed by atoms with van der Waals surface area (Å²) in [4.78, 5) is 13.5. The van der Waals surface area contributed by atoms with Gasteiger partial charge in [0.1, 0.15) is 0 Å². The highest BCUT2D eigenvalue weighted by Gasteiger charge is 2.30. The third kappa shape index (κ3) is 2.61. The summed E-state index contributed by atoms with van der Waals surface area (Å²) in [5.74, 6) is -0.383. The molecule has 0 bridgehead atoms. The lowest BCUT2D eigenvalue weighted by atomic mass is 10.1. The topological polar surface area (TPSA) is 61.8 Å².